The average Bonchev–Trinajstić information content (AvgIpc) is 2.51. The summed E-state index contributed by atoms with van der Waals surface area (Å²) in [5.41, 5.74) is 0.424. The van der Waals surface area contributed by atoms with Gasteiger partial charge in [-0.15, -0.1) is 0 Å². The summed E-state index contributed by atoms with van der Waals surface area (Å²) in [6.07, 6.45) is -1.46. The van der Waals surface area contributed by atoms with E-state index in [9.17, 15) is 18.0 Å². The predicted molar refractivity (Wildman–Crippen MR) is 96.6 cm³/mol. The standard InChI is InChI=1S/C20H23F3N2O2/c1-13-5-3-6-14-9-15(10-24-17(13)14)18(26)25-19(2,11-20(21,22)23)12-27-16-7-4-8-16/h3,5-6,9-10,16H,4,7-8,11-12H2,1-2H3,(H,25,26). The maximum absolute atomic E-state index is 13.1. The number of ether oxygens (including phenoxy) is 1. The van der Waals surface area contributed by atoms with Crippen LogP contribution in [0.1, 0.15) is 48.5 Å². The number of benzene rings is 1. The summed E-state index contributed by atoms with van der Waals surface area (Å²) in [6, 6.07) is 7.22. The summed E-state index contributed by atoms with van der Waals surface area (Å²) >= 11 is 0. The van der Waals surface area contributed by atoms with Crippen molar-refractivity contribution in [3.63, 3.8) is 0 Å². The molecular formula is C20H23F3N2O2. The summed E-state index contributed by atoms with van der Waals surface area (Å²) in [5.74, 6) is -0.588. The zero-order chi connectivity index (χ0) is 19.7. The Labute approximate surface area is 156 Å². The van der Waals surface area contributed by atoms with Crippen molar-refractivity contribution in [1.82, 2.24) is 10.3 Å². The lowest BCUT2D eigenvalue weighted by atomic mass is 9.94. The molecule has 1 unspecified atom stereocenters. The van der Waals surface area contributed by atoms with Gasteiger partial charge in [0.1, 0.15) is 0 Å². The number of hydrogen-bond acceptors (Lipinski definition) is 3. The lowest BCUT2D eigenvalue weighted by Gasteiger charge is -2.35. The maximum atomic E-state index is 13.1. The normalized spacial score (nSPS) is 17.4. The van der Waals surface area contributed by atoms with Gasteiger partial charge in [-0.3, -0.25) is 9.78 Å². The molecule has 1 amide bonds. The smallest absolute Gasteiger partial charge is 0.376 e. The molecule has 1 heterocycles. The quantitative estimate of drug-likeness (QED) is 0.800. The van der Waals surface area contributed by atoms with Crippen LogP contribution in [-0.4, -0.2) is 35.3 Å². The van der Waals surface area contributed by atoms with Crippen LogP contribution in [0, 0.1) is 6.92 Å². The number of fused-ring (bicyclic) bond motifs is 1. The fourth-order valence-corrected chi connectivity index (χ4v) is 3.20. The Hall–Kier alpha value is -2.15. The Morgan fingerprint density at radius 1 is 1.33 bits per heavy atom. The highest BCUT2D eigenvalue weighted by molar-refractivity contribution is 5.98. The summed E-state index contributed by atoms with van der Waals surface area (Å²) < 4.78 is 44.8. The van der Waals surface area contributed by atoms with Crippen LogP contribution in [0.25, 0.3) is 10.9 Å². The summed E-state index contributed by atoms with van der Waals surface area (Å²) in [4.78, 5) is 16.9. The number of nitrogens with zero attached hydrogens (tertiary/aromatic N) is 1. The number of rotatable bonds is 6. The van der Waals surface area contributed by atoms with Crippen LogP contribution in [0.5, 0.6) is 0 Å². The molecule has 0 spiro atoms. The average molecular weight is 380 g/mol. The number of para-hydroxylation sites is 1. The molecule has 2 aromatic rings. The molecule has 0 aliphatic heterocycles. The first-order valence-corrected chi connectivity index (χ1v) is 9.01. The molecule has 1 N–H and O–H groups in total. The highest BCUT2D eigenvalue weighted by atomic mass is 19.4. The number of pyridine rings is 1. The number of amides is 1. The van der Waals surface area contributed by atoms with Gasteiger partial charge in [-0.1, -0.05) is 18.2 Å². The lowest BCUT2D eigenvalue weighted by molar-refractivity contribution is -0.156. The number of carbonyl (C=O) groups is 1. The van der Waals surface area contributed by atoms with E-state index >= 15 is 0 Å². The van der Waals surface area contributed by atoms with Gasteiger partial charge in [0.2, 0.25) is 0 Å². The molecule has 7 heteroatoms. The largest absolute Gasteiger partial charge is 0.391 e. The first kappa shape index (κ1) is 19.6. The second-order valence-electron chi connectivity index (χ2n) is 7.54. The van der Waals surface area contributed by atoms with E-state index < -0.39 is 24.0 Å². The van der Waals surface area contributed by atoms with Crippen LogP contribution >= 0.6 is 0 Å². The van der Waals surface area contributed by atoms with Crippen LogP contribution in [0.15, 0.2) is 30.5 Å². The molecule has 1 saturated carbocycles. The van der Waals surface area contributed by atoms with Gasteiger partial charge < -0.3 is 10.1 Å². The van der Waals surface area contributed by atoms with Crippen molar-refractivity contribution in [3.8, 4) is 0 Å². The van der Waals surface area contributed by atoms with Crippen LogP contribution in [0.3, 0.4) is 0 Å². The van der Waals surface area contributed by atoms with E-state index in [4.69, 9.17) is 4.74 Å². The fourth-order valence-electron chi connectivity index (χ4n) is 3.20. The minimum Gasteiger partial charge on any atom is -0.376 e. The van der Waals surface area contributed by atoms with E-state index in [1.54, 1.807) is 6.07 Å². The SMILES string of the molecule is Cc1cccc2cc(C(=O)NC(C)(COC3CCC3)CC(F)(F)F)cnc12. The highest BCUT2D eigenvalue weighted by Crippen LogP contribution is 2.30. The molecule has 3 rings (SSSR count). The third kappa shape index (κ3) is 4.97. The summed E-state index contributed by atoms with van der Waals surface area (Å²) in [5, 5.41) is 3.29. The van der Waals surface area contributed by atoms with Crippen LogP contribution in [0.4, 0.5) is 13.2 Å². The lowest BCUT2D eigenvalue weighted by Crippen LogP contribution is -2.53. The second kappa shape index (κ2) is 7.46. The Balaban J connectivity index is 1.78. The van der Waals surface area contributed by atoms with Crippen molar-refractivity contribution in [2.75, 3.05) is 6.61 Å². The Bertz CT molecular complexity index is 834. The van der Waals surface area contributed by atoms with Crippen molar-refractivity contribution in [3.05, 3.63) is 41.6 Å². The molecule has 0 bridgehead atoms. The van der Waals surface area contributed by atoms with Crippen molar-refractivity contribution < 1.29 is 22.7 Å². The molecule has 0 saturated heterocycles. The van der Waals surface area contributed by atoms with Crippen LogP contribution in [0.2, 0.25) is 0 Å². The van der Waals surface area contributed by atoms with Gasteiger partial charge in [-0.25, -0.2) is 0 Å². The second-order valence-corrected chi connectivity index (χ2v) is 7.54. The van der Waals surface area contributed by atoms with E-state index in [0.717, 1.165) is 35.7 Å². The fraction of sp³-hybridized carbons (Fsp3) is 0.500. The van der Waals surface area contributed by atoms with E-state index in [1.165, 1.54) is 13.1 Å². The van der Waals surface area contributed by atoms with Gasteiger partial charge in [0, 0.05) is 11.6 Å². The van der Waals surface area contributed by atoms with Crippen molar-refractivity contribution in [2.24, 2.45) is 0 Å². The maximum Gasteiger partial charge on any atom is 0.391 e. The number of nitrogens with one attached hydrogen (secondary N) is 1. The number of hydrogen-bond donors (Lipinski definition) is 1. The topological polar surface area (TPSA) is 51.2 Å². The molecule has 1 aromatic heterocycles. The van der Waals surface area contributed by atoms with E-state index in [-0.39, 0.29) is 18.3 Å². The first-order chi connectivity index (χ1) is 12.7. The monoisotopic (exact) mass is 380 g/mol. The van der Waals surface area contributed by atoms with Gasteiger partial charge in [0.05, 0.1) is 35.8 Å². The van der Waals surface area contributed by atoms with Gasteiger partial charge in [-0.05, 0) is 44.7 Å². The molecule has 1 aromatic carbocycles. The van der Waals surface area contributed by atoms with Crippen LogP contribution in [-0.2, 0) is 4.74 Å². The zero-order valence-electron chi connectivity index (χ0n) is 15.4. The highest BCUT2D eigenvalue weighted by Gasteiger charge is 2.41. The van der Waals surface area contributed by atoms with E-state index in [1.807, 2.05) is 25.1 Å². The van der Waals surface area contributed by atoms with Gasteiger partial charge in [0.15, 0.2) is 0 Å². The first-order valence-electron chi connectivity index (χ1n) is 9.01. The third-order valence-electron chi connectivity index (χ3n) is 4.87. The molecule has 4 nitrogen and oxygen atoms in total. The molecule has 1 aliphatic carbocycles. The van der Waals surface area contributed by atoms with Crippen molar-refractivity contribution >= 4 is 16.8 Å². The van der Waals surface area contributed by atoms with Gasteiger partial charge in [0.25, 0.3) is 5.91 Å². The Kier molecular flexibility index (Phi) is 5.42. The Morgan fingerprint density at radius 3 is 2.70 bits per heavy atom. The third-order valence-corrected chi connectivity index (χ3v) is 4.87. The number of aromatic nitrogens is 1. The van der Waals surface area contributed by atoms with E-state index in [0.29, 0.717) is 0 Å². The number of alkyl halides is 3. The molecule has 1 fully saturated rings. The number of halogens is 3. The molecule has 146 valence electrons. The number of carbonyl (C=O) groups excluding carboxylic acids is 1. The number of aryl methyl sites for hydroxylation is 1. The molecule has 0 radical (unpaired) electrons. The minimum absolute atomic E-state index is 0.0141. The molecular weight excluding hydrogens is 357 g/mol. The Morgan fingerprint density at radius 2 is 2.07 bits per heavy atom. The van der Waals surface area contributed by atoms with Crippen molar-refractivity contribution in [1.29, 1.82) is 0 Å². The van der Waals surface area contributed by atoms with Gasteiger partial charge >= 0.3 is 6.18 Å². The molecule has 1 atom stereocenters. The zero-order valence-corrected chi connectivity index (χ0v) is 15.4. The summed E-state index contributed by atoms with van der Waals surface area (Å²) in [7, 11) is 0. The molecule has 1 aliphatic rings. The van der Waals surface area contributed by atoms with Crippen LogP contribution < -0.4 is 5.32 Å². The predicted octanol–water partition coefficient (Wildman–Crippen LogP) is 4.55. The van der Waals surface area contributed by atoms with Crippen molar-refractivity contribution in [2.45, 2.75) is 57.3 Å². The minimum atomic E-state index is -4.41. The molecule has 27 heavy (non-hydrogen) atoms. The summed E-state index contributed by atoms with van der Waals surface area (Å²) in [6.45, 7) is 3.10. The van der Waals surface area contributed by atoms with E-state index in [2.05, 4.69) is 10.3 Å². The van der Waals surface area contributed by atoms with Gasteiger partial charge in [-0.2, -0.15) is 13.2 Å².